The number of piperidine rings is 1. The lowest BCUT2D eigenvalue weighted by molar-refractivity contribution is -0.119. The number of hydrogen-bond acceptors (Lipinski definition) is 6. The second-order valence-electron chi connectivity index (χ2n) is 7.13. The first-order valence-corrected chi connectivity index (χ1v) is 10.5. The van der Waals surface area contributed by atoms with Crippen LogP contribution in [-0.2, 0) is 4.79 Å². The van der Waals surface area contributed by atoms with E-state index in [1.54, 1.807) is 36.3 Å². The minimum atomic E-state index is -0.229. The van der Waals surface area contributed by atoms with Crippen LogP contribution in [0.4, 0.5) is 9.39 Å². The fourth-order valence-corrected chi connectivity index (χ4v) is 4.17. The minimum absolute atomic E-state index is 0.200. The number of ether oxygens (including phenoxy) is 1. The van der Waals surface area contributed by atoms with Crippen molar-refractivity contribution in [1.29, 1.82) is 0 Å². The zero-order valence-electron chi connectivity index (χ0n) is 17.0. The summed E-state index contributed by atoms with van der Waals surface area (Å²) in [7, 11) is 1.60. The van der Waals surface area contributed by atoms with Gasteiger partial charge in [0.25, 0.3) is 5.56 Å². The van der Waals surface area contributed by atoms with E-state index in [0.717, 1.165) is 49.2 Å². The zero-order chi connectivity index (χ0) is 21.7. The highest BCUT2D eigenvalue weighted by Gasteiger charge is 2.17. The van der Waals surface area contributed by atoms with E-state index in [2.05, 4.69) is 5.10 Å². The quantitative estimate of drug-likeness (QED) is 0.640. The third-order valence-electron chi connectivity index (χ3n) is 5.20. The number of carbonyl (C=O) groups excluding carboxylic acids is 1. The van der Waals surface area contributed by atoms with E-state index in [1.807, 2.05) is 12.3 Å². The highest BCUT2D eigenvalue weighted by atomic mass is 32.1. The summed E-state index contributed by atoms with van der Waals surface area (Å²) in [6, 6.07) is 7.17. The molecule has 3 aromatic rings. The van der Waals surface area contributed by atoms with Crippen molar-refractivity contribution in [2.24, 2.45) is 5.92 Å². The number of hydrogen-bond donors (Lipinski definition) is 1. The number of anilines is 1. The molecule has 9 heteroatoms. The van der Waals surface area contributed by atoms with Crippen LogP contribution < -0.4 is 16.0 Å². The summed E-state index contributed by atoms with van der Waals surface area (Å²) >= 11 is 1.36. The van der Waals surface area contributed by atoms with Crippen molar-refractivity contribution in [3.8, 4) is 11.4 Å². The summed E-state index contributed by atoms with van der Waals surface area (Å²) < 4.78 is 18.5. The monoisotopic (exact) mass is 432 g/mol. The Morgan fingerprint density at radius 2 is 1.97 bits per heavy atom. The molecule has 30 heavy (non-hydrogen) atoms. The number of nitrogens with zero attached hydrogens (tertiary/aromatic N) is 3. The van der Waals surface area contributed by atoms with Crippen LogP contribution in [0, 0.1) is 12.8 Å². The number of methoxy groups -OCH3 is 1. The molecule has 1 aromatic carbocycles. The van der Waals surface area contributed by atoms with Crippen molar-refractivity contribution in [2.75, 3.05) is 32.6 Å². The van der Waals surface area contributed by atoms with E-state index in [4.69, 9.17) is 10.5 Å². The maximum absolute atomic E-state index is 12.5. The topological polar surface area (TPSA) is 90.5 Å². The number of fused-ring (bicyclic) bond motifs is 1. The SMILES string of the molecule is COc1ccc(-n2nc(C)c3csc(N)c3c2=O)cc1.O=CN1CCC(CF)CC1. The molecule has 1 amide bonds. The van der Waals surface area contributed by atoms with Gasteiger partial charge in [-0.1, -0.05) is 0 Å². The molecule has 1 aliphatic rings. The highest BCUT2D eigenvalue weighted by Crippen LogP contribution is 2.27. The van der Waals surface area contributed by atoms with Gasteiger partial charge < -0.3 is 15.4 Å². The van der Waals surface area contributed by atoms with Crippen LogP contribution in [0.15, 0.2) is 34.4 Å². The van der Waals surface area contributed by atoms with E-state index >= 15 is 0 Å². The van der Waals surface area contributed by atoms with Gasteiger partial charge in [-0.15, -0.1) is 11.3 Å². The Hall–Kier alpha value is -2.94. The van der Waals surface area contributed by atoms with E-state index in [-0.39, 0.29) is 18.2 Å². The fourth-order valence-electron chi connectivity index (χ4n) is 3.33. The van der Waals surface area contributed by atoms with Gasteiger partial charge in [-0.3, -0.25) is 14.0 Å². The summed E-state index contributed by atoms with van der Waals surface area (Å²) in [5.41, 5.74) is 7.16. The molecule has 160 valence electrons. The smallest absolute Gasteiger partial charge is 0.282 e. The van der Waals surface area contributed by atoms with Gasteiger partial charge in [0.15, 0.2) is 0 Å². The van der Waals surface area contributed by atoms with Gasteiger partial charge >= 0.3 is 0 Å². The van der Waals surface area contributed by atoms with Gasteiger partial charge in [0.05, 0.1) is 35.6 Å². The van der Waals surface area contributed by atoms with Crippen LogP contribution in [0.5, 0.6) is 5.75 Å². The Bertz CT molecular complexity index is 1060. The van der Waals surface area contributed by atoms with Crippen molar-refractivity contribution in [3.05, 3.63) is 45.7 Å². The second-order valence-corrected chi connectivity index (χ2v) is 8.04. The maximum atomic E-state index is 12.5. The molecule has 0 unspecified atom stereocenters. The van der Waals surface area contributed by atoms with E-state index in [1.165, 1.54) is 16.0 Å². The number of aryl methyl sites for hydroxylation is 1. The standard InChI is InChI=1S/C14H13N3O2S.C7H12FNO/c1-8-11-7-20-13(15)12(11)14(18)17(16-8)9-3-5-10(19-2)6-4-9;8-5-7-1-3-9(6-10)4-2-7/h3-7H,15H2,1-2H3;6-7H,1-5H2. The molecule has 0 radical (unpaired) electrons. The largest absolute Gasteiger partial charge is 0.497 e. The molecule has 2 N–H and O–H groups in total. The summed E-state index contributed by atoms with van der Waals surface area (Å²) in [5.74, 6) is 0.936. The van der Waals surface area contributed by atoms with Crippen molar-refractivity contribution in [2.45, 2.75) is 19.8 Å². The molecule has 3 heterocycles. The first-order chi connectivity index (χ1) is 14.5. The first-order valence-electron chi connectivity index (χ1n) is 9.64. The number of benzene rings is 1. The molecule has 0 bridgehead atoms. The Labute approximate surface area is 177 Å². The van der Waals surface area contributed by atoms with Crippen LogP contribution >= 0.6 is 11.3 Å². The molecule has 1 fully saturated rings. The lowest BCUT2D eigenvalue weighted by atomic mass is 9.99. The third kappa shape index (κ3) is 4.62. The van der Waals surface area contributed by atoms with Crippen molar-refractivity contribution < 1.29 is 13.9 Å². The van der Waals surface area contributed by atoms with E-state index in [0.29, 0.717) is 16.1 Å². The molecule has 1 saturated heterocycles. The predicted molar refractivity (Wildman–Crippen MR) is 117 cm³/mol. The molecule has 0 atom stereocenters. The molecular formula is C21H25FN4O3S. The number of rotatable bonds is 4. The summed E-state index contributed by atoms with van der Waals surface area (Å²) in [6.07, 6.45) is 2.50. The average molecular weight is 433 g/mol. The number of halogens is 1. The lowest BCUT2D eigenvalue weighted by Crippen LogP contribution is -2.33. The molecule has 2 aromatic heterocycles. The average Bonchev–Trinajstić information content (AvgIpc) is 3.19. The maximum Gasteiger partial charge on any atom is 0.282 e. The minimum Gasteiger partial charge on any atom is -0.497 e. The van der Waals surface area contributed by atoms with Crippen LogP contribution in [0.3, 0.4) is 0 Å². The Morgan fingerprint density at radius 1 is 1.30 bits per heavy atom. The summed E-state index contributed by atoms with van der Waals surface area (Å²) in [5, 5.41) is 8.11. The van der Waals surface area contributed by atoms with E-state index in [9.17, 15) is 14.0 Å². The molecule has 4 rings (SSSR count). The van der Waals surface area contributed by atoms with Crippen LogP contribution in [0.25, 0.3) is 16.5 Å². The zero-order valence-corrected chi connectivity index (χ0v) is 17.8. The molecule has 0 aliphatic carbocycles. The van der Waals surface area contributed by atoms with Gasteiger partial charge in [-0.05, 0) is 49.9 Å². The number of thiophene rings is 1. The van der Waals surface area contributed by atoms with Crippen LogP contribution in [0.2, 0.25) is 0 Å². The number of carbonyl (C=O) groups is 1. The Morgan fingerprint density at radius 3 is 2.53 bits per heavy atom. The van der Waals surface area contributed by atoms with Crippen LogP contribution in [0.1, 0.15) is 18.5 Å². The van der Waals surface area contributed by atoms with Crippen molar-refractivity contribution >= 4 is 33.5 Å². The van der Waals surface area contributed by atoms with E-state index < -0.39 is 0 Å². The van der Waals surface area contributed by atoms with Gasteiger partial charge in [-0.2, -0.15) is 9.78 Å². The van der Waals surface area contributed by atoms with Gasteiger partial charge in [0.2, 0.25) is 6.41 Å². The van der Waals surface area contributed by atoms with Gasteiger partial charge in [-0.25, -0.2) is 0 Å². The van der Waals surface area contributed by atoms with Crippen molar-refractivity contribution in [3.63, 3.8) is 0 Å². The molecule has 7 nitrogen and oxygen atoms in total. The normalized spacial score (nSPS) is 14.3. The Kier molecular flexibility index (Phi) is 7.04. The number of nitrogens with two attached hydrogens (primary N) is 1. The van der Waals surface area contributed by atoms with Gasteiger partial charge in [0.1, 0.15) is 5.75 Å². The number of amides is 1. The second kappa shape index (κ2) is 9.71. The summed E-state index contributed by atoms with van der Waals surface area (Å²) in [6.45, 7) is 3.11. The Balaban J connectivity index is 0.000000216. The molecule has 0 saturated carbocycles. The number of nitrogen functional groups attached to an aromatic ring is 1. The number of likely N-dealkylation sites (tertiary alicyclic amines) is 1. The fraction of sp³-hybridized carbons (Fsp3) is 0.381. The molecule has 0 spiro atoms. The number of alkyl halides is 1. The molecule has 1 aliphatic heterocycles. The lowest BCUT2D eigenvalue weighted by Gasteiger charge is -2.27. The summed E-state index contributed by atoms with van der Waals surface area (Å²) in [4.78, 5) is 24.4. The number of aromatic nitrogens is 2. The predicted octanol–water partition coefficient (Wildman–Crippen LogP) is 3.17. The molecular weight excluding hydrogens is 407 g/mol. The first kappa shape index (κ1) is 21.8. The highest BCUT2D eigenvalue weighted by molar-refractivity contribution is 7.15. The van der Waals surface area contributed by atoms with Crippen LogP contribution in [-0.4, -0.2) is 48.0 Å². The van der Waals surface area contributed by atoms with Gasteiger partial charge in [0, 0.05) is 23.9 Å². The third-order valence-corrected chi connectivity index (χ3v) is 6.01. The van der Waals surface area contributed by atoms with Crippen molar-refractivity contribution in [1.82, 2.24) is 14.7 Å².